The maximum absolute atomic E-state index is 13.8. The summed E-state index contributed by atoms with van der Waals surface area (Å²) in [6.07, 6.45) is 2.41. The fraction of sp³-hybridized carbons (Fsp3) is 0.471. The maximum Gasteiger partial charge on any atom is 0.268 e. The number of H-pyrrole nitrogens is 1. The molecule has 5 nitrogen and oxygen atoms in total. The van der Waals surface area contributed by atoms with E-state index in [1.165, 1.54) is 6.20 Å². The molecule has 0 aromatic carbocycles. The monoisotopic (exact) mass is 335 g/mol. The first-order valence-corrected chi connectivity index (χ1v) is 8.05. The number of carbonyl (C=O) groups excluding carboxylic acids is 1. The number of aromatic amines is 1. The van der Waals surface area contributed by atoms with Crippen molar-refractivity contribution >= 4 is 16.8 Å². The number of rotatable bonds is 3. The lowest BCUT2D eigenvalue weighted by molar-refractivity contribution is -0.0413. The topological polar surface area (TPSA) is 88.8 Å². The molecule has 0 saturated heterocycles. The SMILES string of the molecule is CCc1c([C@H]2CCCC(F)(F)C2)[nH]c2ccnc(C(N)=O)c2c1=O. The minimum atomic E-state index is -2.71. The van der Waals surface area contributed by atoms with E-state index in [-0.39, 0.29) is 29.4 Å². The van der Waals surface area contributed by atoms with Crippen LogP contribution in [-0.4, -0.2) is 21.8 Å². The van der Waals surface area contributed by atoms with Crippen molar-refractivity contribution in [1.29, 1.82) is 0 Å². The highest BCUT2D eigenvalue weighted by Gasteiger charge is 2.38. The Morgan fingerprint density at radius 3 is 2.88 bits per heavy atom. The van der Waals surface area contributed by atoms with Gasteiger partial charge < -0.3 is 10.7 Å². The number of nitrogens with one attached hydrogen (secondary N) is 1. The average molecular weight is 335 g/mol. The van der Waals surface area contributed by atoms with Crippen LogP contribution in [0, 0.1) is 0 Å². The van der Waals surface area contributed by atoms with Crippen LogP contribution in [0.4, 0.5) is 8.78 Å². The van der Waals surface area contributed by atoms with Gasteiger partial charge in [0, 0.05) is 36.2 Å². The molecule has 0 radical (unpaired) electrons. The maximum atomic E-state index is 13.8. The highest BCUT2D eigenvalue weighted by Crippen LogP contribution is 2.42. The predicted octanol–water partition coefficient (Wildman–Crippen LogP) is 2.88. The summed E-state index contributed by atoms with van der Waals surface area (Å²) in [4.78, 5) is 31.4. The summed E-state index contributed by atoms with van der Waals surface area (Å²) >= 11 is 0. The molecule has 1 aliphatic rings. The van der Waals surface area contributed by atoms with Gasteiger partial charge in [0.1, 0.15) is 5.69 Å². The second-order valence-corrected chi connectivity index (χ2v) is 6.30. The van der Waals surface area contributed by atoms with E-state index < -0.39 is 17.7 Å². The van der Waals surface area contributed by atoms with Gasteiger partial charge in [-0.15, -0.1) is 0 Å². The van der Waals surface area contributed by atoms with Crippen LogP contribution in [0.15, 0.2) is 17.1 Å². The zero-order valence-corrected chi connectivity index (χ0v) is 13.4. The minimum Gasteiger partial charge on any atom is -0.364 e. The van der Waals surface area contributed by atoms with Crippen molar-refractivity contribution < 1.29 is 13.6 Å². The van der Waals surface area contributed by atoms with E-state index >= 15 is 0 Å². The molecule has 0 aliphatic heterocycles. The number of nitrogens with two attached hydrogens (primary N) is 1. The van der Waals surface area contributed by atoms with Crippen LogP contribution in [0.1, 0.15) is 60.3 Å². The molecule has 0 unspecified atom stereocenters. The van der Waals surface area contributed by atoms with Gasteiger partial charge >= 0.3 is 0 Å². The average Bonchev–Trinajstić information content (AvgIpc) is 2.53. The van der Waals surface area contributed by atoms with Crippen molar-refractivity contribution in [3.63, 3.8) is 0 Å². The Morgan fingerprint density at radius 2 is 2.25 bits per heavy atom. The Labute approximate surface area is 137 Å². The number of halogens is 2. The summed E-state index contributed by atoms with van der Waals surface area (Å²) < 4.78 is 27.6. The second-order valence-electron chi connectivity index (χ2n) is 6.30. The molecule has 128 valence electrons. The van der Waals surface area contributed by atoms with Crippen molar-refractivity contribution in [1.82, 2.24) is 9.97 Å². The highest BCUT2D eigenvalue weighted by molar-refractivity contribution is 6.03. The number of hydrogen-bond donors (Lipinski definition) is 2. The first kappa shape index (κ1) is 16.5. The minimum absolute atomic E-state index is 0.0935. The normalized spacial score (nSPS) is 20.2. The standard InChI is InChI=1S/C17H19F2N3O2/c1-2-10-13(9-4-3-6-17(18,19)8-9)22-11-5-7-21-14(16(20)24)12(11)15(10)23/h5,7,9H,2-4,6,8H2,1H3,(H2,20,24)(H,22,23)/t9-/m0/s1. The summed E-state index contributed by atoms with van der Waals surface area (Å²) in [6.45, 7) is 1.79. The second kappa shape index (κ2) is 5.96. The van der Waals surface area contributed by atoms with Crippen molar-refractivity contribution in [2.45, 2.75) is 50.9 Å². The van der Waals surface area contributed by atoms with Crippen molar-refractivity contribution in [2.24, 2.45) is 5.73 Å². The molecule has 1 amide bonds. The van der Waals surface area contributed by atoms with E-state index in [1.54, 1.807) is 13.0 Å². The molecular weight excluding hydrogens is 316 g/mol. The molecule has 3 N–H and O–H groups in total. The van der Waals surface area contributed by atoms with Crippen LogP contribution in [0.3, 0.4) is 0 Å². The molecule has 1 fully saturated rings. The molecule has 0 spiro atoms. The smallest absolute Gasteiger partial charge is 0.268 e. The quantitative estimate of drug-likeness (QED) is 0.904. The van der Waals surface area contributed by atoms with Gasteiger partial charge in [-0.3, -0.25) is 14.6 Å². The molecule has 0 bridgehead atoms. The number of fused-ring (bicyclic) bond motifs is 1. The Balaban J connectivity index is 2.23. The van der Waals surface area contributed by atoms with E-state index in [1.807, 2.05) is 0 Å². The van der Waals surface area contributed by atoms with Crippen LogP contribution in [0.2, 0.25) is 0 Å². The van der Waals surface area contributed by atoms with Gasteiger partial charge in [-0.1, -0.05) is 6.92 Å². The van der Waals surface area contributed by atoms with Crippen LogP contribution in [0.25, 0.3) is 10.9 Å². The van der Waals surface area contributed by atoms with Crippen molar-refractivity contribution in [3.05, 3.63) is 39.4 Å². The Hall–Kier alpha value is -2.31. The molecule has 3 rings (SSSR count). The molecule has 2 heterocycles. The number of amides is 1. The number of carbonyl (C=O) groups is 1. The number of alkyl halides is 2. The molecule has 1 saturated carbocycles. The lowest BCUT2D eigenvalue weighted by atomic mass is 9.82. The van der Waals surface area contributed by atoms with E-state index in [4.69, 9.17) is 5.73 Å². The third-order valence-corrected chi connectivity index (χ3v) is 4.68. The largest absolute Gasteiger partial charge is 0.364 e. The Morgan fingerprint density at radius 1 is 1.50 bits per heavy atom. The Kier molecular flexibility index (Phi) is 4.11. The van der Waals surface area contributed by atoms with Crippen molar-refractivity contribution in [2.75, 3.05) is 0 Å². The zero-order valence-electron chi connectivity index (χ0n) is 13.4. The predicted molar refractivity (Wildman–Crippen MR) is 86.4 cm³/mol. The van der Waals surface area contributed by atoms with Gasteiger partial charge in [0.25, 0.3) is 5.91 Å². The number of hydrogen-bond acceptors (Lipinski definition) is 3. The van der Waals surface area contributed by atoms with Gasteiger partial charge in [-0.05, 0) is 25.3 Å². The molecule has 2 aromatic heterocycles. The van der Waals surface area contributed by atoms with Crippen molar-refractivity contribution in [3.8, 4) is 0 Å². The molecule has 1 atom stereocenters. The summed E-state index contributed by atoms with van der Waals surface area (Å²) in [5.41, 5.74) is 6.25. The van der Waals surface area contributed by atoms with E-state index in [0.717, 1.165) is 0 Å². The molecule has 7 heteroatoms. The van der Waals surface area contributed by atoms with Crippen LogP contribution >= 0.6 is 0 Å². The van der Waals surface area contributed by atoms with E-state index in [0.29, 0.717) is 36.0 Å². The first-order valence-electron chi connectivity index (χ1n) is 8.05. The molecule has 2 aromatic rings. The van der Waals surface area contributed by atoms with Crippen LogP contribution in [-0.2, 0) is 6.42 Å². The van der Waals surface area contributed by atoms with Gasteiger partial charge in [-0.25, -0.2) is 8.78 Å². The highest BCUT2D eigenvalue weighted by atomic mass is 19.3. The van der Waals surface area contributed by atoms with Gasteiger partial charge in [-0.2, -0.15) is 0 Å². The summed E-state index contributed by atoms with van der Waals surface area (Å²) in [6, 6.07) is 1.56. The first-order chi connectivity index (χ1) is 11.3. The Bertz CT molecular complexity index is 861. The fourth-order valence-corrected chi connectivity index (χ4v) is 3.59. The van der Waals surface area contributed by atoms with Gasteiger partial charge in [0.05, 0.1) is 10.9 Å². The third kappa shape index (κ3) is 2.79. The number of primary amides is 1. The van der Waals surface area contributed by atoms with Crippen LogP contribution < -0.4 is 11.2 Å². The summed E-state index contributed by atoms with van der Waals surface area (Å²) in [7, 11) is 0. The lowest BCUT2D eigenvalue weighted by Gasteiger charge is -2.30. The number of aromatic nitrogens is 2. The van der Waals surface area contributed by atoms with E-state index in [9.17, 15) is 18.4 Å². The summed E-state index contributed by atoms with van der Waals surface area (Å²) in [5.74, 6) is -3.90. The lowest BCUT2D eigenvalue weighted by Crippen LogP contribution is -2.28. The van der Waals surface area contributed by atoms with Gasteiger partial charge in [0.2, 0.25) is 5.92 Å². The number of pyridine rings is 2. The van der Waals surface area contributed by atoms with Gasteiger partial charge in [0.15, 0.2) is 5.43 Å². The third-order valence-electron chi connectivity index (χ3n) is 4.68. The molecule has 1 aliphatic carbocycles. The zero-order chi connectivity index (χ0) is 17.5. The fourth-order valence-electron chi connectivity index (χ4n) is 3.59. The molecule has 24 heavy (non-hydrogen) atoms. The number of nitrogens with zero attached hydrogens (tertiary/aromatic N) is 1. The van der Waals surface area contributed by atoms with Crippen LogP contribution in [0.5, 0.6) is 0 Å². The summed E-state index contributed by atoms with van der Waals surface area (Å²) in [5, 5.41) is 0.133. The van der Waals surface area contributed by atoms with E-state index in [2.05, 4.69) is 9.97 Å². The molecular formula is C17H19F2N3O2.